The molecule has 3 N–H and O–H groups in total. The Morgan fingerprint density at radius 1 is 1.13 bits per heavy atom. The lowest BCUT2D eigenvalue weighted by Gasteiger charge is -2.28. The summed E-state index contributed by atoms with van der Waals surface area (Å²) < 4.78 is 6.86. The van der Waals surface area contributed by atoms with E-state index in [0.717, 1.165) is 12.0 Å². The maximum atomic E-state index is 12.9. The number of imidazole rings is 1. The van der Waals surface area contributed by atoms with Crippen LogP contribution in [0.3, 0.4) is 0 Å². The summed E-state index contributed by atoms with van der Waals surface area (Å²) in [5, 5.41) is 2.83. The molecule has 1 aliphatic rings. The summed E-state index contributed by atoms with van der Waals surface area (Å²) in [4.78, 5) is 48.9. The summed E-state index contributed by atoms with van der Waals surface area (Å²) in [6.07, 6.45) is 2.64. The van der Waals surface area contributed by atoms with E-state index in [9.17, 15) is 14.4 Å². The first-order valence-electron chi connectivity index (χ1n) is 13.1. The van der Waals surface area contributed by atoms with Gasteiger partial charge in [-0.25, -0.2) is 19.4 Å². The fourth-order valence-corrected chi connectivity index (χ4v) is 4.64. The second-order valence-corrected chi connectivity index (χ2v) is 11.1. The van der Waals surface area contributed by atoms with E-state index in [1.165, 1.54) is 11.6 Å². The minimum Gasteiger partial charge on any atom is -0.444 e. The second kappa shape index (κ2) is 10.9. The van der Waals surface area contributed by atoms with Crippen molar-refractivity contribution in [3.05, 3.63) is 65.2 Å². The highest BCUT2D eigenvalue weighted by molar-refractivity contribution is 6.04. The predicted octanol–water partition coefficient (Wildman–Crippen LogP) is 5.31. The van der Waals surface area contributed by atoms with Gasteiger partial charge in [0.2, 0.25) is 0 Å². The molecule has 0 aliphatic carbocycles. The number of nitrogens with two attached hydrogens (primary N) is 1. The van der Waals surface area contributed by atoms with Crippen LogP contribution in [-0.4, -0.2) is 49.5 Å². The Bertz CT molecular complexity index is 1390. The summed E-state index contributed by atoms with van der Waals surface area (Å²) in [5.41, 5.74) is 2.12. The van der Waals surface area contributed by atoms with Crippen LogP contribution in [0.2, 0.25) is 0 Å². The highest BCUT2D eigenvalue weighted by atomic mass is 16.6. The van der Waals surface area contributed by atoms with Crippen molar-refractivity contribution in [2.45, 2.75) is 71.9 Å². The number of amides is 2. The molecule has 1 saturated heterocycles. The minimum atomic E-state index is -0.639. The molecule has 4 rings (SSSR count). The topological polar surface area (TPSA) is 132 Å². The van der Waals surface area contributed by atoms with Gasteiger partial charge in [-0.15, -0.1) is 0 Å². The number of rotatable bonds is 6. The number of hydrogen-bond donors (Lipinski definition) is 2. The van der Waals surface area contributed by atoms with Crippen LogP contribution in [0.1, 0.15) is 98.6 Å². The number of nitrogens with zero attached hydrogens (tertiary/aromatic N) is 4. The summed E-state index contributed by atoms with van der Waals surface area (Å²) in [7, 11) is 0. The first-order valence-corrected chi connectivity index (χ1v) is 13.1. The van der Waals surface area contributed by atoms with Gasteiger partial charge in [-0.3, -0.25) is 14.5 Å². The van der Waals surface area contributed by atoms with Crippen LogP contribution in [0.15, 0.2) is 42.6 Å². The van der Waals surface area contributed by atoms with Gasteiger partial charge in [-0.1, -0.05) is 26.0 Å². The Kier molecular flexibility index (Phi) is 7.76. The maximum Gasteiger partial charge on any atom is 0.410 e. The van der Waals surface area contributed by atoms with E-state index in [2.05, 4.69) is 24.1 Å². The van der Waals surface area contributed by atoms with Gasteiger partial charge in [0.25, 0.3) is 5.91 Å². The average Bonchev–Trinajstić information content (AvgIpc) is 3.48. The fourth-order valence-electron chi connectivity index (χ4n) is 4.64. The number of benzene rings is 1. The highest BCUT2D eigenvalue weighted by Gasteiger charge is 2.37. The molecule has 3 heterocycles. The molecule has 0 radical (unpaired) electrons. The summed E-state index contributed by atoms with van der Waals surface area (Å²) in [6.45, 7) is 11.5. The first kappa shape index (κ1) is 27.8. The fraction of sp³-hybridized carbons (Fsp3) is 0.414. The smallest absolute Gasteiger partial charge is 0.410 e. The Morgan fingerprint density at radius 3 is 2.44 bits per heavy atom. The van der Waals surface area contributed by atoms with Crippen molar-refractivity contribution in [1.82, 2.24) is 19.5 Å². The number of Topliss-reactive ketones (excluding diaryl/α,β-unsaturated/α-hetero) is 1. The average molecular weight is 533 g/mol. The number of anilines is 1. The lowest BCUT2D eigenvalue weighted by atomic mass is 10.0. The van der Waals surface area contributed by atoms with Gasteiger partial charge in [0.1, 0.15) is 22.8 Å². The number of ketones is 1. The monoisotopic (exact) mass is 532 g/mol. The zero-order valence-electron chi connectivity index (χ0n) is 23.3. The molecule has 0 bridgehead atoms. The van der Waals surface area contributed by atoms with Crippen LogP contribution >= 0.6 is 0 Å². The third-order valence-corrected chi connectivity index (χ3v) is 6.56. The van der Waals surface area contributed by atoms with Crippen LogP contribution < -0.4 is 11.2 Å². The van der Waals surface area contributed by atoms with Crippen molar-refractivity contribution in [1.29, 1.82) is 0 Å². The van der Waals surface area contributed by atoms with E-state index in [4.69, 9.17) is 15.6 Å². The Labute approximate surface area is 228 Å². The zero-order valence-corrected chi connectivity index (χ0v) is 23.3. The number of nitrogens with one attached hydrogen (secondary N) is 1. The molecule has 1 aliphatic heterocycles. The third kappa shape index (κ3) is 6.10. The number of nitrogen functional groups attached to an aromatic ring is 1. The molecule has 0 spiro atoms. The quantitative estimate of drug-likeness (QED) is 0.325. The SMILES string of the molecule is CC(=O)c1c(-c2ccc(C(=O)Nc3cc(C(C)C)ccn3)cc2)nc([C@@H]2CCCN2C(=O)OC(C)(C)C)n1N. The van der Waals surface area contributed by atoms with Crippen LogP contribution in [0, 0.1) is 0 Å². The summed E-state index contributed by atoms with van der Waals surface area (Å²) in [6, 6.07) is 10.1. The number of ether oxygens (including phenoxy) is 1. The molecule has 206 valence electrons. The van der Waals surface area contributed by atoms with Gasteiger partial charge < -0.3 is 15.9 Å². The molecule has 10 nitrogen and oxygen atoms in total. The maximum absolute atomic E-state index is 12.9. The molecule has 1 atom stereocenters. The van der Waals surface area contributed by atoms with Gasteiger partial charge in [0.15, 0.2) is 11.6 Å². The summed E-state index contributed by atoms with van der Waals surface area (Å²) >= 11 is 0. The number of pyridine rings is 1. The third-order valence-electron chi connectivity index (χ3n) is 6.56. The van der Waals surface area contributed by atoms with E-state index in [-0.39, 0.29) is 17.4 Å². The standard InChI is InChI=1S/C29H36N6O4/c1-17(2)21-13-14-31-23(16-21)32-27(37)20-11-9-19(10-12-20)24-25(18(3)36)35(30)26(33-24)22-8-7-15-34(22)28(38)39-29(4,5)6/h9-14,16-17,22H,7-8,15,30H2,1-6H3,(H,31,32,37)/t22-/m0/s1. The Hall–Kier alpha value is -4.21. The predicted molar refractivity (Wildman–Crippen MR) is 149 cm³/mol. The van der Waals surface area contributed by atoms with Crippen LogP contribution in [-0.2, 0) is 4.74 Å². The van der Waals surface area contributed by atoms with E-state index in [0.29, 0.717) is 47.3 Å². The van der Waals surface area contributed by atoms with Crippen molar-refractivity contribution in [3.8, 4) is 11.3 Å². The van der Waals surface area contributed by atoms with Gasteiger partial charge in [0.05, 0.1) is 6.04 Å². The molecule has 10 heteroatoms. The van der Waals surface area contributed by atoms with E-state index >= 15 is 0 Å². The lowest BCUT2D eigenvalue weighted by Crippen LogP contribution is -2.37. The van der Waals surface area contributed by atoms with Crippen molar-refractivity contribution >= 4 is 23.6 Å². The molecule has 0 unspecified atom stereocenters. The van der Waals surface area contributed by atoms with E-state index in [1.807, 2.05) is 32.9 Å². The number of hydrogen-bond acceptors (Lipinski definition) is 7. The largest absolute Gasteiger partial charge is 0.444 e. The van der Waals surface area contributed by atoms with Gasteiger partial charge in [-0.05, 0) is 69.4 Å². The normalized spacial score (nSPS) is 15.5. The molecule has 2 aromatic heterocycles. The van der Waals surface area contributed by atoms with Gasteiger partial charge in [0, 0.05) is 30.8 Å². The zero-order chi connectivity index (χ0) is 28.5. The molecular formula is C29H36N6O4. The van der Waals surface area contributed by atoms with Crippen molar-refractivity contribution in [2.75, 3.05) is 17.7 Å². The highest BCUT2D eigenvalue weighted by Crippen LogP contribution is 2.35. The van der Waals surface area contributed by atoms with Crippen molar-refractivity contribution in [3.63, 3.8) is 0 Å². The van der Waals surface area contributed by atoms with Crippen LogP contribution in [0.25, 0.3) is 11.3 Å². The molecule has 3 aromatic rings. The molecular weight excluding hydrogens is 496 g/mol. The summed E-state index contributed by atoms with van der Waals surface area (Å²) in [5.74, 6) is 7.04. The molecule has 2 amide bonds. The van der Waals surface area contributed by atoms with Crippen LogP contribution in [0.5, 0.6) is 0 Å². The minimum absolute atomic E-state index is 0.230. The Balaban J connectivity index is 1.60. The van der Waals surface area contributed by atoms with Crippen molar-refractivity contribution < 1.29 is 19.1 Å². The lowest BCUT2D eigenvalue weighted by molar-refractivity contribution is 0.0217. The first-order chi connectivity index (χ1) is 18.4. The second-order valence-electron chi connectivity index (χ2n) is 11.1. The van der Waals surface area contributed by atoms with Gasteiger partial charge in [-0.2, -0.15) is 0 Å². The number of likely N-dealkylation sites (tertiary alicyclic amines) is 1. The molecule has 39 heavy (non-hydrogen) atoms. The number of carbonyl (C=O) groups excluding carboxylic acids is 3. The molecule has 1 aromatic carbocycles. The molecule has 1 fully saturated rings. The van der Waals surface area contributed by atoms with E-state index in [1.54, 1.807) is 35.4 Å². The van der Waals surface area contributed by atoms with Gasteiger partial charge >= 0.3 is 6.09 Å². The Morgan fingerprint density at radius 2 is 1.82 bits per heavy atom. The number of aromatic nitrogens is 3. The number of carbonyl (C=O) groups is 3. The molecule has 0 saturated carbocycles. The van der Waals surface area contributed by atoms with E-state index < -0.39 is 17.7 Å². The van der Waals surface area contributed by atoms with Crippen molar-refractivity contribution in [2.24, 2.45) is 0 Å². The van der Waals surface area contributed by atoms with Crippen LogP contribution in [0.4, 0.5) is 10.6 Å².